The molecule has 166 valence electrons. The number of hydrogen-bond acceptors (Lipinski definition) is 5. The van der Waals surface area contributed by atoms with Gasteiger partial charge in [-0.1, -0.05) is 32.9 Å². The van der Waals surface area contributed by atoms with Gasteiger partial charge in [-0.3, -0.25) is 9.69 Å². The Kier molecular flexibility index (Phi) is 5.09. The van der Waals surface area contributed by atoms with Crippen LogP contribution in [0, 0.1) is 11.3 Å². The van der Waals surface area contributed by atoms with Crippen molar-refractivity contribution in [3.8, 4) is 0 Å². The van der Waals surface area contributed by atoms with Gasteiger partial charge < -0.3 is 5.32 Å². The molecule has 1 aromatic heterocycles. The highest BCUT2D eigenvalue weighted by atomic mass is 32.1. The highest BCUT2D eigenvalue weighted by Crippen LogP contribution is 2.44. The van der Waals surface area contributed by atoms with Crippen LogP contribution >= 0.6 is 11.3 Å². The fourth-order valence-electron chi connectivity index (χ4n) is 5.61. The summed E-state index contributed by atoms with van der Waals surface area (Å²) in [6.07, 6.45) is 5.54. The number of imide groups is 1. The van der Waals surface area contributed by atoms with Crippen LogP contribution < -0.4 is 5.32 Å². The van der Waals surface area contributed by atoms with E-state index in [0.717, 1.165) is 55.6 Å². The maximum Gasteiger partial charge on any atom is 0.326 e. The molecule has 6 nitrogen and oxygen atoms in total. The van der Waals surface area contributed by atoms with E-state index in [-0.39, 0.29) is 23.4 Å². The minimum absolute atomic E-state index is 0.0280. The Labute approximate surface area is 188 Å². The van der Waals surface area contributed by atoms with Crippen molar-refractivity contribution >= 4 is 33.5 Å². The molecule has 2 aromatic rings. The van der Waals surface area contributed by atoms with E-state index in [4.69, 9.17) is 4.98 Å². The van der Waals surface area contributed by atoms with Crippen molar-refractivity contribution in [1.82, 2.24) is 20.1 Å². The molecule has 1 atom stereocenters. The van der Waals surface area contributed by atoms with Crippen LogP contribution in [0.25, 0.3) is 10.2 Å². The van der Waals surface area contributed by atoms with Crippen molar-refractivity contribution in [2.75, 3.05) is 13.2 Å². The van der Waals surface area contributed by atoms with Gasteiger partial charge in [-0.25, -0.2) is 14.7 Å². The molecule has 1 spiro atoms. The Morgan fingerprint density at radius 1 is 1.16 bits per heavy atom. The lowest BCUT2D eigenvalue weighted by Gasteiger charge is -2.40. The summed E-state index contributed by atoms with van der Waals surface area (Å²) in [7, 11) is 0. The van der Waals surface area contributed by atoms with Crippen LogP contribution in [-0.4, -0.2) is 45.5 Å². The number of carbonyl (C=O) groups is 2. The number of thiazole rings is 1. The number of nitrogens with one attached hydrogen (secondary N) is 1. The quantitative estimate of drug-likeness (QED) is 0.688. The third-order valence-electron chi connectivity index (χ3n) is 7.59. The molecule has 3 amide bonds. The molecule has 0 unspecified atom stereocenters. The summed E-state index contributed by atoms with van der Waals surface area (Å²) in [6.45, 7) is 8.05. The lowest BCUT2D eigenvalue weighted by atomic mass is 9.67. The molecule has 0 bridgehead atoms. The predicted octanol–water partition coefficient (Wildman–Crippen LogP) is 4.92. The molecule has 1 saturated carbocycles. The van der Waals surface area contributed by atoms with Crippen molar-refractivity contribution in [3.63, 3.8) is 0 Å². The first-order valence-electron chi connectivity index (χ1n) is 11.5. The molecule has 2 saturated heterocycles. The Morgan fingerprint density at radius 3 is 2.61 bits per heavy atom. The molecule has 1 aliphatic carbocycles. The van der Waals surface area contributed by atoms with Gasteiger partial charge in [0.25, 0.3) is 5.91 Å². The third kappa shape index (κ3) is 3.65. The molecule has 1 aromatic carbocycles. The number of nitrogens with zero attached hydrogens (tertiary/aromatic N) is 3. The zero-order valence-corrected chi connectivity index (χ0v) is 19.5. The number of amides is 3. The van der Waals surface area contributed by atoms with Gasteiger partial charge >= 0.3 is 6.03 Å². The van der Waals surface area contributed by atoms with Gasteiger partial charge in [0.15, 0.2) is 0 Å². The van der Waals surface area contributed by atoms with Crippen molar-refractivity contribution in [2.45, 2.75) is 70.9 Å². The van der Waals surface area contributed by atoms with Gasteiger partial charge in [0.1, 0.15) is 10.5 Å². The molecule has 3 aliphatic rings. The second kappa shape index (κ2) is 7.55. The molecule has 0 radical (unpaired) electrons. The molecule has 3 heterocycles. The first kappa shape index (κ1) is 20.9. The van der Waals surface area contributed by atoms with E-state index in [1.54, 1.807) is 11.3 Å². The van der Waals surface area contributed by atoms with E-state index >= 15 is 0 Å². The van der Waals surface area contributed by atoms with Gasteiger partial charge in [0, 0.05) is 6.54 Å². The molecular formula is C24H32N4O2S. The van der Waals surface area contributed by atoms with Crippen LogP contribution in [0.5, 0.6) is 0 Å². The maximum absolute atomic E-state index is 13.4. The fourth-order valence-corrected chi connectivity index (χ4v) is 6.75. The zero-order chi connectivity index (χ0) is 21.8. The Hall–Kier alpha value is -1.99. The highest BCUT2D eigenvalue weighted by Gasteiger charge is 2.53. The van der Waals surface area contributed by atoms with Crippen molar-refractivity contribution < 1.29 is 9.59 Å². The highest BCUT2D eigenvalue weighted by molar-refractivity contribution is 7.18. The van der Waals surface area contributed by atoms with Gasteiger partial charge in [0.2, 0.25) is 0 Å². The summed E-state index contributed by atoms with van der Waals surface area (Å²) < 4.78 is 1.19. The average Bonchev–Trinajstić information content (AvgIpc) is 3.41. The Morgan fingerprint density at radius 2 is 1.90 bits per heavy atom. The number of rotatable bonds is 3. The average molecular weight is 441 g/mol. The first-order chi connectivity index (χ1) is 14.8. The normalized spacial score (nSPS) is 30.0. The number of para-hydroxylation sites is 1. The van der Waals surface area contributed by atoms with Gasteiger partial charge in [-0.15, -0.1) is 11.3 Å². The minimum Gasteiger partial charge on any atom is -0.323 e. The van der Waals surface area contributed by atoms with Crippen LogP contribution in [-0.2, 0) is 4.79 Å². The summed E-state index contributed by atoms with van der Waals surface area (Å²) in [4.78, 5) is 34.9. The summed E-state index contributed by atoms with van der Waals surface area (Å²) in [5.74, 6) is 0.568. The lowest BCUT2D eigenvalue weighted by molar-refractivity contribution is -0.134. The van der Waals surface area contributed by atoms with E-state index in [0.29, 0.717) is 12.6 Å². The fraction of sp³-hybridized carbons (Fsp3) is 0.625. The van der Waals surface area contributed by atoms with Crippen LogP contribution in [0.15, 0.2) is 24.3 Å². The molecule has 2 aliphatic heterocycles. The lowest BCUT2D eigenvalue weighted by Crippen LogP contribution is -2.51. The summed E-state index contributed by atoms with van der Waals surface area (Å²) in [5, 5.41) is 4.18. The van der Waals surface area contributed by atoms with Gasteiger partial charge in [0.05, 0.1) is 22.9 Å². The predicted molar refractivity (Wildman–Crippen MR) is 123 cm³/mol. The molecule has 3 fully saturated rings. The largest absolute Gasteiger partial charge is 0.326 e. The van der Waals surface area contributed by atoms with Crippen LogP contribution in [0.4, 0.5) is 4.79 Å². The number of benzene rings is 1. The molecule has 7 heteroatoms. The van der Waals surface area contributed by atoms with Crippen LogP contribution in [0.1, 0.15) is 70.3 Å². The number of aromatic nitrogens is 1. The van der Waals surface area contributed by atoms with Crippen molar-refractivity contribution in [3.05, 3.63) is 29.3 Å². The van der Waals surface area contributed by atoms with Crippen LogP contribution in [0.2, 0.25) is 0 Å². The van der Waals surface area contributed by atoms with Crippen molar-refractivity contribution in [2.24, 2.45) is 11.3 Å². The molecule has 31 heavy (non-hydrogen) atoms. The third-order valence-corrected chi connectivity index (χ3v) is 8.73. The number of hydrogen-bond donors (Lipinski definition) is 1. The topological polar surface area (TPSA) is 65.5 Å². The Balaban J connectivity index is 1.30. The second-order valence-corrected chi connectivity index (χ2v) is 11.6. The van der Waals surface area contributed by atoms with E-state index < -0.39 is 5.54 Å². The number of likely N-dealkylation sites (tertiary alicyclic amines) is 1. The van der Waals surface area contributed by atoms with Crippen LogP contribution in [0.3, 0.4) is 0 Å². The monoisotopic (exact) mass is 440 g/mol. The van der Waals surface area contributed by atoms with Gasteiger partial charge in [-0.05, 0) is 62.0 Å². The van der Waals surface area contributed by atoms with E-state index in [1.165, 1.54) is 9.60 Å². The first-order valence-corrected chi connectivity index (χ1v) is 12.3. The molecule has 5 rings (SSSR count). The minimum atomic E-state index is -0.691. The number of carbonyl (C=O) groups excluding carboxylic acids is 2. The Bertz CT molecular complexity index is 969. The zero-order valence-electron chi connectivity index (χ0n) is 18.7. The number of urea groups is 1. The SMILES string of the molecule is CC(C)(C)C1CCC2(CC1)NC(=O)N(CN1CCC[C@@H]1c1nc3ccccc3s1)C2=O. The smallest absolute Gasteiger partial charge is 0.323 e. The maximum atomic E-state index is 13.4. The van der Waals surface area contributed by atoms with E-state index in [1.807, 2.05) is 18.2 Å². The van der Waals surface area contributed by atoms with E-state index in [2.05, 4.69) is 37.1 Å². The standard InChI is InChI=1S/C24H32N4O2S/c1-23(2,3)16-10-12-24(13-11-16)21(29)28(22(30)26-24)15-27-14-6-8-18(27)20-25-17-7-4-5-9-19(17)31-20/h4-5,7,9,16,18H,6,8,10-15H2,1-3H3,(H,26,30)/t16?,18-,24?/m1/s1. The second-order valence-electron chi connectivity index (χ2n) is 10.5. The van der Waals surface area contributed by atoms with Crippen molar-refractivity contribution in [1.29, 1.82) is 0 Å². The summed E-state index contributed by atoms with van der Waals surface area (Å²) in [5.41, 5.74) is 0.579. The summed E-state index contributed by atoms with van der Waals surface area (Å²) >= 11 is 1.73. The van der Waals surface area contributed by atoms with E-state index in [9.17, 15) is 9.59 Å². The van der Waals surface area contributed by atoms with Gasteiger partial charge in [-0.2, -0.15) is 0 Å². The molecule has 1 N–H and O–H groups in total. The molecular weight excluding hydrogens is 408 g/mol. The summed E-state index contributed by atoms with van der Waals surface area (Å²) in [6, 6.07) is 8.14. The number of fused-ring (bicyclic) bond motifs is 1.